The van der Waals surface area contributed by atoms with Gasteiger partial charge in [0.2, 0.25) is 5.88 Å². The van der Waals surface area contributed by atoms with Gasteiger partial charge < -0.3 is 13.8 Å². The van der Waals surface area contributed by atoms with Crippen LogP contribution in [0.15, 0.2) is 58.3 Å². The molecule has 4 heterocycles. The fourth-order valence-corrected chi connectivity index (χ4v) is 4.66. The summed E-state index contributed by atoms with van der Waals surface area (Å²) < 4.78 is 41.4. The number of methoxy groups -OCH3 is 1. The smallest absolute Gasteiger partial charge is 0.263 e. The van der Waals surface area contributed by atoms with Crippen LogP contribution in [0.25, 0.3) is 21.9 Å². The Morgan fingerprint density at radius 3 is 2.77 bits per heavy atom. The molecule has 0 spiro atoms. The third-order valence-corrected chi connectivity index (χ3v) is 6.24. The van der Waals surface area contributed by atoms with Crippen molar-refractivity contribution in [1.82, 2.24) is 29.7 Å². The van der Waals surface area contributed by atoms with Crippen molar-refractivity contribution in [2.75, 3.05) is 11.8 Å². The number of rotatable bonds is 6. The molecule has 12 heteroatoms. The van der Waals surface area contributed by atoms with Crippen LogP contribution in [-0.4, -0.2) is 45.2 Å². The summed E-state index contributed by atoms with van der Waals surface area (Å²) in [5.74, 6) is 0.174. The van der Waals surface area contributed by atoms with Crippen LogP contribution in [-0.2, 0) is 23.6 Å². The molecule has 1 N–H and O–H groups in total. The van der Waals surface area contributed by atoms with Crippen LogP contribution in [0.1, 0.15) is 5.69 Å². The summed E-state index contributed by atoms with van der Waals surface area (Å²) in [7, 11) is -0.668. The maximum absolute atomic E-state index is 13.2. The third-order valence-electron chi connectivity index (χ3n) is 4.85. The van der Waals surface area contributed by atoms with Gasteiger partial charge in [0, 0.05) is 30.2 Å². The minimum Gasteiger partial charge on any atom is -0.480 e. The van der Waals surface area contributed by atoms with Crippen LogP contribution in [0, 0.1) is 0 Å². The number of ether oxygens (including phenoxy) is 1. The Labute approximate surface area is 176 Å². The SMILES string of the molecule is COc1nc(Cn2nccn2)cc2onc(NS(=O)(=O)c3cccc4c3ccn4C)c12. The molecule has 158 valence electrons. The van der Waals surface area contributed by atoms with Gasteiger partial charge >= 0.3 is 0 Å². The summed E-state index contributed by atoms with van der Waals surface area (Å²) in [6.07, 6.45) is 4.92. The lowest BCUT2D eigenvalue weighted by Gasteiger charge is -2.09. The number of fused-ring (bicyclic) bond motifs is 2. The molecule has 31 heavy (non-hydrogen) atoms. The standard InChI is InChI=1S/C19H17N7O4S/c1-25-9-6-13-14(25)4-3-5-16(13)31(27,28)24-18-17-15(30-23-18)10-12(22-19(17)29-2)11-26-20-7-8-21-26/h3-10H,11H2,1-2H3,(H,23,24). The first-order chi connectivity index (χ1) is 15.0. The molecule has 0 aliphatic carbocycles. The Morgan fingerprint density at radius 1 is 1.19 bits per heavy atom. The summed E-state index contributed by atoms with van der Waals surface area (Å²) in [5.41, 5.74) is 1.69. The second-order valence-electron chi connectivity index (χ2n) is 6.81. The highest BCUT2D eigenvalue weighted by Gasteiger charge is 2.24. The molecule has 0 radical (unpaired) electrons. The first kappa shape index (κ1) is 19.1. The Morgan fingerprint density at radius 2 is 2.00 bits per heavy atom. The predicted molar refractivity (Wildman–Crippen MR) is 111 cm³/mol. The fraction of sp³-hybridized carbons (Fsp3) is 0.158. The normalized spacial score (nSPS) is 11.9. The van der Waals surface area contributed by atoms with Gasteiger partial charge in [0.25, 0.3) is 10.0 Å². The van der Waals surface area contributed by atoms with E-state index in [0.29, 0.717) is 22.0 Å². The van der Waals surface area contributed by atoms with E-state index in [1.165, 1.54) is 18.0 Å². The number of hydrogen-bond donors (Lipinski definition) is 1. The van der Waals surface area contributed by atoms with Gasteiger partial charge in [0.15, 0.2) is 11.4 Å². The molecule has 4 aromatic heterocycles. The quantitative estimate of drug-likeness (QED) is 0.426. The van der Waals surface area contributed by atoms with Crippen LogP contribution >= 0.6 is 0 Å². The average Bonchev–Trinajstić information content (AvgIpc) is 3.49. The molecular formula is C19H17N7O4S. The number of pyridine rings is 1. The van der Waals surface area contributed by atoms with Gasteiger partial charge in [-0.1, -0.05) is 11.2 Å². The van der Waals surface area contributed by atoms with Crippen molar-refractivity contribution in [1.29, 1.82) is 0 Å². The minimum absolute atomic E-state index is 0.00366. The molecule has 0 aliphatic rings. The number of nitrogens with zero attached hydrogens (tertiary/aromatic N) is 6. The van der Waals surface area contributed by atoms with Gasteiger partial charge in [-0.2, -0.15) is 15.0 Å². The van der Waals surface area contributed by atoms with Crippen molar-refractivity contribution in [2.45, 2.75) is 11.4 Å². The second-order valence-corrected chi connectivity index (χ2v) is 8.46. The maximum atomic E-state index is 13.2. The van der Waals surface area contributed by atoms with E-state index >= 15 is 0 Å². The number of sulfonamides is 1. The van der Waals surface area contributed by atoms with Gasteiger partial charge in [-0.15, -0.1) is 0 Å². The Balaban J connectivity index is 1.55. The van der Waals surface area contributed by atoms with Crippen LogP contribution in [0.5, 0.6) is 5.88 Å². The minimum atomic E-state index is -3.96. The largest absolute Gasteiger partial charge is 0.480 e. The number of aromatic nitrogens is 6. The summed E-state index contributed by atoms with van der Waals surface area (Å²) in [6.45, 7) is 0.289. The van der Waals surface area contributed by atoms with Crippen molar-refractivity contribution >= 4 is 37.7 Å². The molecule has 0 saturated heterocycles. The first-order valence-electron chi connectivity index (χ1n) is 9.20. The molecule has 0 bridgehead atoms. The highest BCUT2D eigenvalue weighted by Crippen LogP contribution is 2.33. The van der Waals surface area contributed by atoms with Crippen molar-refractivity contribution in [3.63, 3.8) is 0 Å². The molecule has 0 saturated carbocycles. The number of hydrogen-bond acceptors (Lipinski definition) is 8. The van der Waals surface area contributed by atoms with Crippen molar-refractivity contribution < 1.29 is 17.7 Å². The monoisotopic (exact) mass is 439 g/mol. The van der Waals surface area contributed by atoms with E-state index < -0.39 is 10.0 Å². The third kappa shape index (κ3) is 3.26. The molecule has 0 amide bonds. The zero-order valence-electron chi connectivity index (χ0n) is 16.6. The lowest BCUT2D eigenvalue weighted by Crippen LogP contribution is -2.14. The average molecular weight is 439 g/mol. The van der Waals surface area contributed by atoms with Crippen LogP contribution < -0.4 is 9.46 Å². The van der Waals surface area contributed by atoms with E-state index in [2.05, 4.69) is 25.1 Å². The topological polar surface area (TPSA) is 130 Å². The van der Waals surface area contributed by atoms with Gasteiger partial charge in [-0.05, 0) is 18.2 Å². The molecule has 1 aromatic carbocycles. The Bertz CT molecular complexity index is 1500. The molecule has 5 rings (SSSR count). The molecular weight excluding hydrogens is 422 g/mol. The van der Waals surface area contributed by atoms with Crippen LogP contribution in [0.2, 0.25) is 0 Å². The van der Waals surface area contributed by atoms with E-state index in [4.69, 9.17) is 9.26 Å². The van der Waals surface area contributed by atoms with E-state index in [-0.39, 0.29) is 23.1 Å². The summed E-state index contributed by atoms with van der Waals surface area (Å²) in [6, 6.07) is 8.47. The highest BCUT2D eigenvalue weighted by atomic mass is 32.2. The fourth-order valence-electron chi connectivity index (χ4n) is 3.44. The zero-order valence-corrected chi connectivity index (χ0v) is 17.4. The lowest BCUT2D eigenvalue weighted by molar-refractivity contribution is 0.400. The van der Waals surface area contributed by atoms with Gasteiger partial charge in [-0.3, -0.25) is 4.72 Å². The predicted octanol–water partition coefficient (Wildman–Crippen LogP) is 2.16. The first-order valence-corrected chi connectivity index (χ1v) is 10.7. The molecule has 0 fully saturated rings. The number of aryl methyl sites for hydroxylation is 1. The zero-order chi connectivity index (χ0) is 21.6. The van der Waals surface area contributed by atoms with Crippen molar-refractivity contribution in [3.8, 4) is 5.88 Å². The summed E-state index contributed by atoms with van der Waals surface area (Å²) >= 11 is 0. The summed E-state index contributed by atoms with van der Waals surface area (Å²) in [5, 5.41) is 12.9. The molecule has 0 aliphatic heterocycles. The number of nitrogens with one attached hydrogen (secondary N) is 1. The van der Waals surface area contributed by atoms with Crippen molar-refractivity contribution in [2.24, 2.45) is 7.05 Å². The van der Waals surface area contributed by atoms with Crippen LogP contribution in [0.4, 0.5) is 5.82 Å². The highest BCUT2D eigenvalue weighted by molar-refractivity contribution is 7.93. The number of benzene rings is 1. The van der Waals surface area contributed by atoms with Gasteiger partial charge in [0.05, 0.1) is 30.1 Å². The molecule has 0 atom stereocenters. The molecule has 0 unspecified atom stereocenters. The molecule has 5 aromatic rings. The van der Waals surface area contributed by atoms with Gasteiger partial charge in [-0.25, -0.2) is 13.4 Å². The second kappa shape index (κ2) is 7.09. The van der Waals surface area contributed by atoms with E-state index in [1.807, 2.05) is 17.7 Å². The van der Waals surface area contributed by atoms with Crippen LogP contribution in [0.3, 0.4) is 0 Å². The lowest BCUT2D eigenvalue weighted by atomic mass is 10.2. The Kier molecular flexibility index (Phi) is 4.36. The van der Waals surface area contributed by atoms with E-state index in [1.54, 1.807) is 36.8 Å². The number of anilines is 1. The van der Waals surface area contributed by atoms with E-state index in [0.717, 1.165) is 5.52 Å². The van der Waals surface area contributed by atoms with Crippen molar-refractivity contribution in [3.05, 3.63) is 54.6 Å². The Hall–Kier alpha value is -3.93. The summed E-state index contributed by atoms with van der Waals surface area (Å²) in [4.78, 5) is 6.01. The molecule has 11 nitrogen and oxygen atoms in total. The van der Waals surface area contributed by atoms with Gasteiger partial charge in [0.1, 0.15) is 11.9 Å². The maximum Gasteiger partial charge on any atom is 0.263 e. The van der Waals surface area contributed by atoms with E-state index in [9.17, 15) is 8.42 Å².